The second kappa shape index (κ2) is 5.60. The number of nitrogens with zero attached hydrogens (tertiary/aromatic N) is 2. The Morgan fingerprint density at radius 1 is 1.40 bits per heavy atom. The fourth-order valence-electron chi connectivity index (χ4n) is 3.02. The maximum Gasteiger partial charge on any atom is 0.394 e. The van der Waals surface area contributed by atoms with Gasteiger partial charge in [0.15, 0.2) is 0 Å². The minimum atomic E-state index is -4.76. The summed E-state index contributed by atoms with van der Waals surface area (Å²) >= 11 is 0. The predicted octanol–water partition coefficient (Wildman–Crippen LogP) is 1.16. The van der Waals surface area contributed by atoms with Crippen LogP contribution in [-0.4, -0.2) is 51.1 Å². The first-order valence-corrected chi connectivity index (χ1v) is 7.16. The number of H-pyrrole nitrogens is 1. The molecule has 2 atom stereocenters. The molecule has 0 aromatic carbocycles. The van der Waals surface area contributed by atoms with Crippen LogP contribution in [0.2, 0.25) is 0 Å². The van der Waals surface area contributed by atoms with Gasteiger partial charge in [-0.15, -0.1) is 0 Å². The van der Waals surface area contributed by atoms with Gasteiger partial charge in [0.05, 0.1) is 23.7 Å². The summed E-state index contributed by atoms with van der Waals surface area (Å²) in [5, 5.41) is 8.85. The third-order valence-corrected chi connectivity index (χ3v) is 4.23. The quantitative estimate of drug-likeness (QED) is 0.831. The third kappa shape index (κ3) is 2.75. The van der Waals surface area contributed by atoms with Gasteiger partial charge in [-0.3, -0.25) is 14.4 Å². The molecule has 1 aliphatic heterocycles. The molecule has 0 aliphatic carbocycles. The summed E-state index contributed by atoms with van der Waals surface area (Å²) in [6.45, 7) is -0.0352. The second-order valence-corrected chi connectivity index (χ2v) is 5.75. The number of amides is 1. The molecule has 2 N–H and O–H groups in total. The molecule has 0 spiro atoms. The van der Waals surface area contributed by atoms with Gasteiger partial charge in [-0.25, -0.2) is 4.98 Å². The first-order chi connectivity index (χ1) is 11.6. The molecule has 2 aromatic heterocycles. The molecule has 0 unspecified atom stereocenters. The summed E-state index contributed by atoms with van der Waals surface area (Å²) in [7, 11) is 0. The smallest absolute Gasteiger partial charge is 0.394 e. The number of hydrogen-bond donors (Lipinski definition) is 2. The normalized spacial score (nSPS) is 21.0. The molecule has 134 valence electrons. The Balaban J connectivity index is 2.02. The molecule has 1 amide bonds. The van der Waals surface area contributed by atoms with Crippen LogP contribution in [0.1, 0.15) is 16.1 Å². The van der Waals surface area contributed by atoms with E-state index in [1.165, 1.54) is 6.92 Å². The van der Waals surface area contributed by atoms with Gasteiger partial charge >= 0.3 is 12.1 Å². The zero-order chi connectivity index (χ0) is 18.5. The van der Waals surface area contributed by atoms with Crippen molar-refractivity contribution in [2.45, 2.75) is 13.1 Å². The van der Waals surface area contributed by atoms with Gasteiger partial charge in [0.25, 0.3) is 11.5 Å². The van der Waals surface area contributed by atoms with Crippen molar-refractivity contribution in [3.8, 4) is 0 Å². The summed E-state index contributed by atoms with van der Waals surface area (Å²) in [5.74, 6) is -6.45. The van der Waals surface area contributed by atoms with E-state index >= 15 is 0 Å². The number of likely N-dealkylation sites (tertiary alicyclic amines) is 1. The molecule has 2 aromatic rings. The molecule has 0 bridgehead atoms. The van der Waals surface area contributed by atoms with Crippen molar-refractivity contribution in [3.63, 3.8) is 0 Å². The maximum absolute atomic E-state index is 13.1. The highest BCUT2D eigenvalue weighted by Crippen LogP contribution is 2.38. The number of furan rings is 1. The number of aliphatic carboxylic acids is 1. The van der Waals surface area contributed by atoms with Crippen LogP contribution in [0.15, 0.2) is 15.5 Å². The third-order valence-electron chi connectivity index (χ3n) is 4.23. The average molecular weight is 359 g/mol. The SMILES string of the molecule is Cc1oc2nc[nH]c(=O)c2c1C(=O)N1C[C@@H](C(F)(F)F)[C@H](C(=O)O)C1. The number of carboxylic acid groups (broad SMARTS) is 1. The molecular formula is C14H12F3N3O5. The summed E-state index contributed by atoms with van der Waals surface area (Å²) < 4.78 is 44.4. The molecule has 0 radical (unpaired) electrons. The molecule has 11 heteroatoms. The Hall–Kier alpha value is -2.85. The minimum Gasteiger partial charge on any atom is -0.481 e. The molecule has 25 heavy (non-hydrogen) atoms. The fraction of sp³-hybridized carbons (Fsp3) is 0.429. The highest BCUT2D eigenvalue weighted by atomic mass is 19.4. The molecule has 3 rings (SSSR count). The lowest BCUT2D eigenvalue weighted by Crippen LogP contribution is -2.34. The highest BCUT2D eigenvalue weighted by Gasteiger charge is 2.53. The number of carbonyl (C=O) groups excluding carboxylic acids is 1. The van der Waals surface area contributed by atoms with Gasteiger partial charge in [0.2, 0.25) is 5.71 Å². The lowest BCUT2D eigenvalue weighted by molar-refractivity contribution is -0.187. The van der Waals surface area contributed by atoms with Crippen molar-refractivity contribution in [2.75, 3.05) is 13.1 Å². The number of aryl methyl sites for hydroxylation is 1. The van der Waals surface area contributed by atoms with Gasteiger partial charge in [0, 0.05) is 13.1 Å². The number of nitrogens with one attached hydrogen (secondary N) is 1. The van der Waals surface area contributed by atoms with Crippen molar-refractivity contribution in [1.29, 1.82) is 0 Å². The summed E-state index contributed by atoms with van der Waals surface area (Å²) in [4.78, 5) is 42.5. The number of carboxylic acids is 1. The van der Waals surface area contributed by atoms with Gasteiger partial charge in [-0.05, 0) is 6.92 Å². The Morgan fingerprint density at radius 2 is 2.08 bits per heavy atom. The predicted molar refractivity (Wildman–Crippen MR) is 75.9 cm³/mol. The van der Waals surface area contributed by atoms with Crippen LogP contribution in [0.4, 0.5) is 13.2 Å². The number of halogens is 3. The van der Waals surface area contributed by atoms with Crippen LogP contribution >= 0.6 is 0 Å². The van der Waals surface area contributed by atoms with E-state index in [1.54, 1.807) is 0 Å². The van der Waals surface area contributed by atoms with Crippen molar-refractivity contribution < 1.29 is 32.3 Å². The number of aromatic nitrogens is 2. The number of fused-ring (bicyclic) bond motifs is 1. The largest absolute Gasteiger partial charge is 0.481 e. The molecule has 1 fully saturated rings. The van der Waals surface area contributed by atoms with Crippen molar-refractivity contribution >= 4 is 23.0 Å². The second-order valence-electron chi connectivity index (χ2n) is 5.75. The molecule has 8 nitrogen and oxygen atoms in total. The Bertz CT molecular complexity index is 917. The number of carbonyl (C=O) groups is 2. The zero-order valence-corrected chi connectivity index (χ0v) is 12.8. The topological polar surface area (TPSA) is 117 Å². The van der Waals surface area contributed by atoms with Crippen LogP contribution < -0.4 is 5.56 Å². The Labute approximate surface area is 137 Å². The first-order valence-electron chi connectivity index (χ1n) is 7.16. The van der Waals surface area contributed by atoms with Crippen LogP contribution in [-0.2, 0) is 4.79 Å². The van der Waals surface area contributed by atoms with E-state index in [1.807, 2.05) is 0 Å². The standard InChI is InChI=1S/C14H12F3N3O5/c1-5-8(9-10(21)18-4-19-11(9)25-5)12(22)20-2-6(13(23)24)7(3-20)14(15,16)17/h4,6-7H,2-3H2,1H3,(H,23,24)(H,18,19,21)/t6-,7-/m1/s1. The van der Waals surface area contributed by atoms with Gasteiger partial charge in [-0.2, -0.15) is 13.2 Å². The fourth-order valence-corrected chi connectivity index (χ4v) is 3.02. The monoisotopic (exact) mass is 359 g/mol. The van der Waals surface area contributed by atoms with Crippen LogP contribution in [0.3, 0.4) is 0 Å². The van der Waals surface area contributed by atoms with Crippen LogP contribution in [0.25, 0.3) is 11.1 Å². The maximum atomic E-state index is 13.1. The van der Waals surface area contributed by atoms with Crippen molar-refractivity contribution in [1.82, 2.24) is 14.9 Å². The summed E-state index contributed by atoms with van der Waals surface area (Å²) in [5.41, 5.74) is -1.01. The summed E-state index contributed by atoms with van der Waals surface area (Å²) in [6.07, 6.45) is -3.69. The molecule has 1 aliphatic rings. The molecule has 0 saturated carbocycles. The van der Waals surface area contributed by atoms with Gasteiger partial charge in [0.1, 0.15) is 11.1 Å². The number of alkyl halides is 3. The van der Waals surface area contributed by atoms with E-state index < -0.39 is 48.5 Å². The lowest BCUT2D eigenvalue weighted by atomic mass is 9.96. The van der Waals surface area contributed by atoms with Crippen molar-refractivity contribution in [2.24, 2.45) is 11.8 Å². The van der Waals surface area contributed by atoms with Crippen LogP contribution in [0, 0.1) is 18.8 Å². The Morgan fingerprint density at radius 3 is 2.64 bits per heavy atom. The van der Waals surface area contributed by atoms with Gasteiger partial charge < -0.3 is 19.4 Å². The minimum absolute atomic E-state index is 0.0199. The Kier molecular flexibility index (Phi) is 3.81. The first kappa shape index (κ1) is 17.0. The summed E-state index contributed by atoms with van der Waals surface area (Å²) in [6, 6.07) is 0. The molecular weight excluding hydrogens is 347 g/mol. The zero-order valence-electron chi connectivity index (χ0n) is 12.8. The molecule has 3 heterocycles. The van der Waals surface area contributed by atoms with E-state index in [9.17, 15) is 27.6 Å². The van der Waals surface area contributed by atoms with E-state index in [4.69, 9.17) is 9.52 Å². The van der Waals surface area contributed by atoms with E-state index in [0.29, 0.717) is 0 Å². The van der Waals surface area contributed by atoms with Crippen LogP contribution in [0.5, 0.6) is 0 Å². The van der Waals surface area contributed by atoms with E-state index in [0.717, 1.165) is 11.2 Å². The van der Waals surface area contributed by atoms with E-state index in [2.05, 4.69) is 9.97 Å². The highest BCUT2D eigenvalue weighted by molar-refractivity contribution is 6.06. The van der Waals surface area contributed by atoms with Crippen molar-refractivity contribution in [3.05, 3.63) is 28.0 Å². The number of aromatic amines is 1. The van der Waals surface area contributed by atoms with Gasteiger partial charge in [-0.1, -0.05) is 0 Å². The molecule has 1 saturated heterocycles. The van der Waals surface area contributed by atoms with E-state index in [-0.39, 0.29) is 22.4 Å². The number of rotatable bonds is 2. The lowest BCUT2D eigenvalue weighted by Gasteiger charge is -2.18. The average Bonchev–Trinajstić information content (AvgIpc) is 3.08. The number of hydrogen-bond acceptors (Lipinski definition) is 5.